The molecule has 0 saturated carbocycles. The molecule has 39 heavy (non-hydrogen) atoms. The Morgan fingerprint density at radius 1 is 0.436 bits per heavy atom. The minimum atomic E-state index is 0.102. The van der Waals surface area contributed by atoms with Crippen molar-refractivity contribution in [2.45, 2.75) is 0 Å². The average molecular weight is 494 g/mol. The van der Waals surface area contributed by atoms with Crippen molar-refractivity contribution in [2.24, 2.45) is 0 Å². The molecule has 0 radical (unpaired) electrons. The van der Waals surface area contributed by atoms with E-state index in [1.807, 2.05) is 0 Å². The summed E-state index contributed by atoms with van der Waals surface area (Å²) in [5.74, 6) is 0. The van der Waals surface area contributed by atoms with E-state index in [0.717, 1.165) is 0 Å². The lowest BCUT2D eigenvalue weighted by Gasteiger charge is -2.41. The number of anilines is 3. The van der Waals surface area contributed by atoms with Crippen molar-refractivity contribution in [3.8, 4) is 22.3 Å². The second-order valence-corrected chi connectivity index (χ2v) is 10.5. The lowest BCUT2D eigenvalue weighted by Crippen LogP contribution is -2.56. The van der Waals surface area contributed by atoms with Crippen LogP contribution in [0, 0.1) is 0 Å². The molecular weight excluding hydrogens is 471 g/mol. The van der Waals surface area contributed by atoms with E-state index in [1.165, 1.54) is 72.0 Å². The van der Waals surface area contributed by atoms with Crippen LogP contribution < -0.4 is 15.8 Å². The summed E-state index contributed by atoms with van der Waals surface area (Å²) in [7, 11) is 0. The standard InChI is InChI=1S/C36H23BN2/c1-2-12-24(13-3-1)25-14-4-7-20-31(25)38-33-22-9-6-19-30(33)37-35-27(16-11-23-34(35)38)29-18-10-17-28-26-15-5-8-21-32(26)39(37)36(28)29/h1-23H. The number of fused-ring (bicyclic) bond motifs is 7. The Labute approximate surface area is 227 Å². The number of aromatic nitrogens is 1. The fraction of sp³-hybridized carbons (Fsp3) is 0. The van der Waals surface area contributed by atoms with E-state index in [0.29, 0.717) is 0 Å². The highest BCUT2D eigenvalue weighted by Gasteiger charge is 2.42. The molecule has 6 aromatic carbocycles. The van der Waals surface area contributed by atoms with Gasteiger partial charge in [-0.25, -0.2) is 0 Å². The van der Waals surface area contributed by atoms with Crippen molar-refractivity contribution in [3.05, 3.63) is 140 Å². The summed E-state index contributed by atoms with van der Waals surface area (Å²) in [5, 5.41) is 2.64. The molecule has 2 aliphatic heterocycles. The molecule has 0 unspecified atom stereocenters. The molecule has 0 atom stereocenters. The lowest BCUT2D eigenvalue weighted by atomic mass is 9.45. The minimum Gasteiger partial charge on any atom is -0.375 e. The maximum atomic E-state index is 2.60. The largest absolute Gasteiger partial charge is 0.375 e. The van der Waals surface area contributed by atoms with Crippen LogP contribution in [0.2, 0.25) is 0 Å². The van der Waals surface area contributed by atoms with E-state index in [4.69, 9.17) is 0 Å². The molecule has 1 aromatic heterocycles. The monoisotopic (exact) mass is 494 g/mol. The third kappa shape index (κ3) is 2.72. The number of hydrogen-bond donors (Lipinski definition) is 0. The van der Waals surface area contributed by atoms with Crippen molar-refractivity contribution in [2.75, 3.05) is 4.90 Å². The summed E-state index contributed by atoms with van der Waals surface area (Å²) in [6.45, 7) is 0.102. The molecule has 180 valence electrons. The van der Waals surface area contributed by atoms with E-state index in [1.54, 1.807) is 0 Å². The summed E-state index contributed by atoms with van der Waals surface area (Å²) in [6, 6.07) is 51.0. The van der Waals surface area contributed by atoms with E-state index in [-0.39, 0.29) is 6.85 Å². The molecule has 0 fully saturated rings. The quantitative estimate of drug-likeness (QED) is 0.222. The highest BCUT2D eigenvalue weighted by Crippen LogP contribution is 2.46. The molecule has 0 aliphatic carbocycles. The predicted octanol–water partition coefficient (Wildman–Crippen LogP) is 7.88. The van der Waals surface area contributed by atoms with Crippen LogP contribution in [0.25, 0.3) is 44.1 Å². The molecule has 3 heteroatoms. The highest BCUT2D eigenvalue weighted by molar-refractivity contribution is 6.90. The fourth-order valence-electron chi connectivity index (χ4n) is 7.07. The van der Waals surface area contributed by atoms with Crippen LogP contribution in [-0.2, 0) is 0 Å². The normalized spacial score (nSPS) is 13.0. The van der Waals surface area contributed by atoms with Gasteiger partial charge in [-0.2, -0.15) is 0 Å². The molecule has 7 aromatic rings. The van der Waals surface area contributed by atoms with Crippen molar-refractivity contribution < 1.29 is 0 Å². The smallest absolute Gasteiger partial charge is 0.333 e. The Kier molecular flexibility index (Phi) is 4.17. The fourth-order valence-corrected chi connectivity index (χ4v) is 7.07. The first-order chi connectivity index (χ1) is 19.4. The van der Waals surface area contributed by atoms with Crippen LogP contribution in [0.3, 0.4) is 0 Å². The molecule has 0 bridgehead atoms. The van der Waals surface area contributed by atoms with Crippen LogP contribution in [0.4, 0.5) is 17.1 Å². The Morgan fingerprint density at radius 3 is 2.00 bits per heavy atom. The van der Waals surface area contributed by atoms with Gasteiger partial charge in [-0.05, 0) is 46.3 Å². The predicted molar refractivity (Wildman–Crippen MR) is 165 cm³/mol. The number of nitrogens with zero attached hydrogens (tertiary/aromatic N) is 2. The van der Waals surface area contributed by atoms with Crippen molar-refractivity contribution in [1.29, 1.82) is 0 Å². The SMILES string of the molecule is c1ccc(-c2ccccc2N2c3ccccc3B3c4c(cccc42)-c2cccc4c5ccccc5n3c24)cc1. The van der Waals surface area contributed by atoms with Crippen LogP contribution in [-0.4, -0.2) is 11.3 Å². The first kappa shape index (κ1) is 21.0. The van der Waals surface area contributed by atoms with Crippen LogP contribution in [0.15, 0.2) is 140 Å². The highest BCUT2D eigenvalue weighted by atomic mass is 15.2. The molecule has 2 aliphatic rings. The Balaban J connectivity index is 1.42. The van der Waals surface area contributed by atoms with Crippen LogP contribution >= 0.6 is 0 Å². The number of hydrogen-bond acceptors (Lipinski definition) is 1. The van der Waals surface area contributed by atoms with E-state index in [2.05, 4.69) is 149 Å². The molecule has 9 rings (SSSR count). The second-order valence-electron chi connectivity index (χ2n) is 10.5. The molecule has 2 nitrogen and oxygen atoms in total. The average Bonchev–Trinajstić information content (AvgIpc) is 3.35. The van der Waals surface area contributed by atoms with Crippen LogP contribution in [0.1, 0.15) is 0 Å². The summed E-state index contributed by atoms with van der Waals surface area (Å²) in [6.07, 6.45) is 0. The molecular formula is C36H23BN2. The summed E-state index contributed by atoms with van der Waals surface area (Å²) >= 11 is 0. The summed E-state index contributed by atoms with van der Waals surface area (Å²) in [4.78, 5) is 2.49. The minimum absolute atomic E-state index is 0.102. The second kappa shape index (κ2) is 7.75. The molecule has 0 N–H and O–H groups in total. The number of benzene rings is 6. The summed E-state index contributed by atoms with van der Waals surface area (Å²) < 4.78 is 2.60. The zero-order valence-corrected chi connectivity index (χ0v) is 21.3. The van der Waals surface area contributed by atoms with Gasteiger partial charge in [0, 0.05) is 44.3 Å². The number of rotatable bonds is 2. The summed E-state index contributed by atoms with van der Waals surface area (Å²) in [5.41, 5.74) is 14.1. The third-order valence-electron chi connectivity index (χ3n) is 8.58. The van der Waals surface area contributed by atoms with E-state index >= 15 is 0 Å². The maximum Gasteiger partial charge on any atom is 0.333 e. The molecule has 0 amide bonds. The van der Waals surface area contributed by atoms with E-state index in [9.17, 15) is 0 Å². The number of para-hydroxylation sites is 4. The van der Waals surface area contributed by atoms with Gasteiger partial charge in [-0.1, -0.05) is 115 Å². The van der Waals surface area contributed by atoms with Gasteiger partial charge < -0.3 is 9.38 Å². The van der Waals surface area contributed by atoms with E-state index < -0.39 is 0 Å². The van der Waals surface area contributed by atoms with Gasteiger partial charge in [0.2, 0.25) is 0 Å². The van der Waals surface area contributed by atoms with Gasteiger partial charge in [-0.3, -0.25) is 0 Å². The molecule has 3 heterocycles. The van der Waals surface area contributed by atoms with Gasteiger partial charge in [0.15, 0.2) is 0 Å². The maximum absolute atomic E-state index is 2.60. The lowest BCUT2D eigenvalue weighted by molar-refractivity contribution is 1.25. The first-order valence-corrected chi connectivity index (χ1v) is 13.6. The van der Waals surface area contributed by atoms with Gasteiger partial charge >= 0.3 is 6.85 Å². The zero-order chi connectivity index (χ0) is 25.5. The van der Waals surface area contributed by atoms with Gasteiger partial charge in [0.05, 0.1) is 5.69 Å². The third-order valence-corrected chi connectivity index (χ3v) is 8.58. The first-order valence-electron chi connectivity index (χ1n) is 13.6. The molecule has 0 spiro atoms. The Morgan fingerprint density at radius 2 is 1.08 bits per heavy atom. The van der Waals surface area contributed by atoms with Gasteiger partial charge in [0.1, 0.15) is 0 Å². The van der Waals surface area contributed by atoms with Crippen LogP contribution in [0.5, 0.6) is 0 Å². The Bertz CT molecular complexity index is 2090. The zero-order valence-electron chi connectivity index (χ0n) is 21.3. The molecule has 0 saturated heterocycles. The van der Waals surface area contributed by atoms with Crippen molar-refractivity contribution >= 4 is 56.6 Å². The van der Waals surface area contributed by atoms with Gasteiger partial charge in [0.25, 0.3) is 0 Å². The Hall–Kier alpha value is -5.02. The van der Waals surface area contributed by atoms with Crippen molar-refractivity contribution in [3.63, 3.8) is 0 Å². The van der Waals surface area contributed by atoms with Crippen molar-refractivity contribution in [1.82, 2.24) is 4.48 Å². The topological polar surface area (TPSA) is 8.17 Å². The van der Waals surface area contributed by atoms with Gasteiger partial charge in [-0.15, -0.1) is 0 Å².